The number of fused-ring (bicyclic) bond motifs is 1. The van der Waals surface area contributed by atoms with E-state index < -0.39 is 69.1 Å². The molecule has 0 aromatic carbocycles. The first-order valence-corrected chi connectivity index (χ1v) is 19.1. The fourth-order valence-electron chi connectivity index (χ4n) is 7.12. The number of Topliss-reactive ketones (excluding diaryl/α,β-unsaturated/α-hetero) is 1. The highest BCUT2D eigenvalue weighted by Gasteiger charge is 2.70. The number of nitrogens with zero attached hydrogens (tertiary/aromatic N) is 2. The number of carbonyl (C=O) groups excluding carboxylic acids is 5. The number of urea groups is 1. The average Bonchev–Trinajstić information content (AvgIpc) is 3.43. The maximum Gasteiger partial charge on any atom is 0.315 e. The lowest BCUT2D eigenvalue weighted by Crippen LogP contribution is -2.63. The van der Waals surface area contributed by atoms with Crippen LogP contribution >= 0.6 is 11.3 Å². The molecule has 13 nitrogen and oxygen atoms in total. The predicted octanol–water partition coefficient (Wildman–Crippen LogP) is 2.32. The molecule has 3 fully saturated rings. The van der Waals surface area contributed by atoms with Gasteiger partial charge in [0.25, 0.3) is 15.9 Å². The number of thiophene rings is 1. The molecule has 2 saturated carbocycles. The van der Waals surface area contributed by atoms with Gasteiger partial charge in [0.05, 0.1) is 0 Å². The number of hydrogen-bond donors (Lipinski definition) is 4. The van der Waals surface area contributed by atoms with Gasteiger partial charge in [-0.2, -0.15) is 4.31 Å². The summed E-state index contributed by atoms with van der Waals surface area (Å²) in [6.45, 7) is 13.7. The van der Waals surface area contributed by atoms with E-state index in [9.17, 15) is 32.4 Å². The Labute approximate surface area is 288 Å². The number of hydrogen-bond acceptors (Lipinski definition) is 8. The Hall–Kier alpha value is -3.04. The number of likely N-dealkylation sites (N-methyl/N-ethyl adjacent to an activating group) is 1. The summed E-state index contributed by atoms with van der Waals surface area (Å²) in [5, 5.41) is 10.2. The van der Waals surface area contributed by atoms with Crippen LogP contribution in [-0.4, -0.2) is 91.5 Å². The number of sulfonamides is 1. The third kappa shape index (κ3) is 7.57. The Morgan fingerprint density at radius 1 is 1.12 bits per heavy atom. The molecule has 1 aromatic heterocycles. The first-order chi connectivity index (χ1) is 22.2. The minimum Gasteiger partial charge on any atom is -0.363 e. The molecule has 1 saturated heterocycles. The van der Waals surface area contributed by atoms with Crippen LogP contribution < -0.4 is 21.7 Å². The van der Waals surface area contributed by atoms with Gasteiger partial charge in [-0.15, -0.1) is 11.3 Å². The summed E-state index contributed by atoms with van der Waals surface area (Å²) in [6.07, 6.45) is 2.93. The van der Waals surface area contributed by atoms with E-state index in [0.717, 1.165) is 17.8 Å². The van der Waals surface area contributed by atoms with Crippen molar-refractivity contribution in [3.05, 3.63) is 17.5 Å². The van der Waals surface area contributed by atoms with Crippen molar-refractivity contribution in [1.29, 1.82) is 0 Å². The number of nitrogens with one attached hydrogen (secondary N) is 3. The molecule has 5 amide bonds. The molecule has 3 aliphatic rings. The number of carbonyl (C=O) groups is 5. The van der Waals surface area contributed by atoms with E-state index in [2.05, 4.69) is 16.0 Å². The van der Waals surface area contributed by atoms with Gasteiger partial charge in [-0.05, 0) is 58.8 Å². The molecule has 268 valence electrons. The Morgan fingerprint density at radius 3 is 2.27 bits per heavy atom. The van der Waals surface area contributed by atoms with Crippen LogP contribution in [-0.2, 0) is 29.2 Å². The maximum absolute atomic E-state index is 14.3. The number of primary amides is 1. The topological polar surface area (TPSA) is 188 Å². The van der Waals surface area contributed by atoms with Crippen molar-refractivity contribution >= 4 is 50.9 Å². The van der Waals surface area contributed by atoms with E-state index in [1.54, 1.807) is 11.4 Å². The van der Waals surface area contributed by atoms with Gasteiger partial charge in [0.1, 0.15) is 22.3 Å². The zero-order valence-electron chi connectivity index (χ0n) is 29.2. The second-order valence-corrected chi connectivity index (χ2v) is 18.6. The molecule has 4 rings (SSSR count). The second-order valence-electron chi connectivity index (χ2n) is 15.4. The number of ketones is 1. The molecule has 5 N–H and O–H groups in total. The predicted molar refractivity (Wildman–Crippen MR) is 182 cm³/mol. The maximum atomic E-state index is 14.3. The average molecular weight is 709 g/mol. The van der Waals surface area contributed by atoms with Crippen molar-refractivity contribution in [3.8, 4) is 0 Å². The van der Waals surface area contributed by atoms with Crippen LogP contribution in [0, 0.1) is 34.5 Å². The van der Waals surface area contributed by atoms with Crippen LogP contribution in [0.5, 0.6) is 0 Å². The van der Waals surface area contributed by atoms with Gasteiger partial charge in [0, 0.05) is 26.2 Å². The molecule has 0 spiro atoms. The van der Waals surface area contributed by atoms with Crippen LogP contribution in [0.1, 0.15) is 74.1 Å². The zero-order chi connectivity index (χ0) is 35.9. The van der Waals surface area contributed by atoms with Gasteiger partial charge in [0.2, 0.25) is 17.6 Å². The molecular formula is C33H52N6O7S2. The molecular weight excluding hydrogens is 657 g/mol. The van der Waals surface area contributed by atoms with Crippen molar-refractivity contribution in [1.82, 2.24) is 25.2 Å². The monoisotopic (exact) mass is 708 g/mol. The van der Waals surface area contributed by atoms with Gasteiger partial charge < -0.3 is 26.6 Å². The smallest absolute Gasteiger partial charge is 0.315 e. The first kappa shape index (κ1) is 37.8. The summed E-state index contributed by atoms with van der Waals surface area (Å²) >= 11 is 1.12. The minimum absolute atomic E-state index is 0.0236. The lowest BCUT2D eigenvalue weighted by molar-refractivity contribution is -0.145. The summed E-state index contributed by atoms with van der Waals surface area (Å²) in [5.41, 5.74) is 4.35. The molecule has 0 bridgehead atoms. The van der Waals surface area contributed by atoms with Gasteiger partial charge in [0.15, 0.2) is 0 Å². The zero-order valence-corrected chi connectivity index (χ0v) is 30.9. The van der Waals surface area contributed by atoms with Crippen molar-refractivity contribution < 1.29 is 32.4 Å². The Balaban J connectivity index is 1.52. The largest absolute Gasteiger partial charge is 0.363 e. The normalized spacial score (nSPS) is 24.4. The molecule has 2 aliphatic carbocycles. The van der Waals surface area contributed by atoms with Crippen molar-refractivity contribution in [2.75, 3.05) is 20.1 Å². The minimum atomic E-state index is -3.75. The SMILES string of the molecule is CC[C@H](C)[C@@H](CN(C)S(=O)(=O)c1cccs1)NC(=O)N[C@H](C(=O)N1C[C@H]2[C@@H]([C@H]1C(=O)NC(C(=O)C(N)=O)C1CCC1)C2(C)C)C(C)(C)C. The second kappa shape index (κ2) is 14.1. The summed E-state index contributed by atoms with van der Waals surface area (Å²) in [7, 11) is -2.28. The Bertz CT molecular complexity index is 1500. The van der Waals surface area contributed by atoms with Crippen LogP contribution in [0.15, 0.2) is 21.7 Å². The third-order valence-electron chi connectivity index (χ3n) is 10.9. The van der Waals surface area contributed by atoms with E-state index in [0.29, 0.717) is 25.8 Å². The number of nitrogens with two attached hydrogens (primary N) is 1. The fourth-order valence-corrected chi connectivity index (χ4v) is 9.52. The van der Waals surface area contributed by atoms with Crippen molar-refractivity contribution in [2.45, 2.75) is 103 Å². The van der Waals surface area contributed by atoms with E-state index in [4.69, 9.17) is 5.73 Å². The molecule has 48 heavy (non-hydrogen) atoms. The van der Waals surface area contributed by atoms with Gasteiger partial charge in [-0.3, -0.25) is 19.2 Å². The molecule has 0 radical (unpaired) electrons. The van der Waals surface area contributed by atoms with Crippen molar-refractivity contribution in [3.63, 3.8) is 0 Å². The number of amides is 5. The first-order valence-electron chi connectivity index (χ1n) is 16.7. The Kier molecular flexibility index (Phi) is 11.1. The highest BCUT2D eigenvalue weighted by Crippen LogP contribution is 2.65. The van der Waals surface area contributed by atoms with Crippen LogP contribution in [0.25, 0.3) is 0 Å². The summed E-state index contributed by atoms with van der Waals surface area (Å²) in [4.78, 5) is 67.9. The Morgan fingerprint density at radius 2 is 1.77 bits per heavy atom. The molecule has 1 aromatic rings. The fraction of sp³-hybridized carbons (Fsp3) is 0.727. The lowest BCUT2D eigenvalue weighted by atomic mass is 9.78. The van der Waals surface area contributed by atoms with Crippen LogP contribution in [0.4, 0.5) is 4.79 Å². The van der Waals surface area contributed by atoms with Crippen LogP contribution in [0.3, 0.4) is 0 Å². The number of rotatable bonds is 14. The summed E-state index contributed by atoms with van der Waals surface area (Å²) in [5.74, 6) is -3.26. The lowest BCUT2D eigenvalue weighted by Gasteiger charge is -2.39. The summed E-state index contributed by atoms with van der Waals surface area (Å²) in [6, 6.07) is -0.946. The quantitative estimate of drug-likeness (QED) is 0.214. The molecule has 1 unspecified atom stereocenters. The van der Waals surface area contributed by atoms with Gasteiger partial charge in [-0.1, -0.05) is 67.4 Å². The number of piperidine rings is 1. The van der Waals surface area contributed by atoms with Gasteiger partial charge in [-0.25, -0.2) is 13.2 Å². The summed E-state index contributed by atoms with van der Waals surface area (Å²) < 4.78 is 27.7. The van der Waals surface area contributed by atoms with E-state index in [-0.39, 0.29) is 39.8 Å². The molecule has 1 aliphatic heterocycles. The highest BCUT2D eigenvalue weighted by molar-refractivity contribution is 7.91. The highest BCUT2D eigenvalue weighted by atomic mass is 32.2. The van der Waals surface area contributed by atoms with E-state index in [1.807, 2.05) is 48.5 Å². The molecule has 7 atom stereocenters. The molecule has 2 heterocycles. The third-order valence-corrected chi connectivity index (χ3v) is 14.1. The van der Waals surface area contributed by atoms with E-state index >= 15 is 0 Å². The van der Waals surface area contributed by atoms with Crippen LogP contribution in [0.2, 0.25) is 0 Å². The number of likely N-dealkylation sites (tertiary alicyclic amines) is 1. The standard InChI is InChI=1S/C33H52N6O7S2/c1-9-18(2)21(17-38(8)48(45,46)22-14-11-15-47-22)35-31(44)37-27(32(3,4)5)30(43)39-16-20-23(33(20,6)7)25(39)29(42)36-24(19-12-10-13-19)26(40)28(34)41/h11,14-15,18-21,23-25,27H,9-10,12-13,16-17H2,1-8H3,(H2,34,41)(H,36,42)(H2,35,37,44)/t18-,20-,21+,23-,24?,25-,27+/m0/s1. The van der Waals surface area contributed by atoms with Crippen molar-refractivity contribution in [2.24, 2.45) is 40.2 Å². The van der Waals surface area contributed by atoms with Gasteiger partial charge >= 0.3 is 6.03 Å². The molecule has 15 heteroatoms. The van der Waals surface area contributed by atoms with E-state index in [1.165, 1.54) is 22.3 Å².